The minimum Gasteiger partial charge on any atom is -0.494 e. The van der Waals surface area contributed by atoms with Gasteiger partial charge in [-0.1, -0.05) is 18.2 Å². The zero-order valence-corrected chi connectivity index (χ0v) is 13.7. The first kappa shape index (κ1) is 14.4. The first-order valence-electron chi connectivity index (χ1n) is 8.22. The van der Waals surface area contributed by atoms with Gasteiger partial charge in [-0.2, -0.15) is 0 Å². The fourth-order valence-electron chi connectivity index (χ4n) is 3.97. The molecule has 2 aromatic rings. The average molecular weight is 309 g/mol. The molecule has 0 aliphatic carbocycles. The van der Waals surface area contributed by atoms with Gasteiger partial charge in [0, 0.05) is 50.0 Å². The zero-order valence-electron chi connectivity index (χ0n) is 13.7. The van der Waals surface area contributed by atoms with E-state index >= 15 is 0 Å². The number of benzene rings is 2. The molecule has 0 unspecified atom stereocenters. The molecule has 0 aromatic heterocycles. The molecule has 2 atom stereocenters. The molecule has 2 aromatic carbocycles. The van der Waals surface area contributed by atoms with Crippen LogP contribution < -0.4 is 20.3 Å². The summed E-state index contributed by atoms with van der Waals surface area (Å²) in [5.74, 6) is 2.21. The third kappa shape index (κ3) is 2.53. The maximum Gasteiger partial charge on any atom is 0.144 e. The molecule has 2 aliphatic heterocycles. The highest BCUT2D eigenvalue weighted by molar-refractivity contribution is 5.74. The molecule has 4 heteroatoms. The number of fused-ring (bicyclic) bond motifs is 3. The van der Waals surface area contributed by atoms with E-state index in [2.05, 4.69) is 46.8 Å². The van der Waals surface area contributed by atoms with Crippen LogP contribution in [-0.2, 0) is 0 Å². The standard InChI is InChI=1S/C19H23N3O/c1-22-12-13-10-20-11-17(13)16-8-15(9-18(23-2)19(16)22)21-14-6-4-3-5-7-14/h3-9,13,17,20-21H,10-12H2,1-2H3/t13-,17-/m1/s1. The number of ether oxygens (including phenoxy) is 1. The van der Waals surface area contributed by atoms with E-state index in [4.69, 9.17) is 4.74 Å². The van der Waals surface area contributed by atoms with Crippen molar-refractivity contribution in [3.63, 3.8) is 0 Å². The summed E-state index contributed by atoms with van der Waals surface area (Å²) in [6.45, 7) is 3.25. The summed E-state index contributed by atoms with van der Waals surface area (Å²) in [7, 11) is 3.93. The van der Waals surface area contributed by atoms with E-state index in [1.165, 1.54) is 11.3 Å². The Kier molecular flexibility index (Phi) is 3.62. The van der Waals surface area contributed by atoms with Crippen LogP contribution in [0.3, 0.4) is 0 Å². The minimum absolute atomic E-state index is 0.577. The van der Waals surface area contributed by atoms with Crippen LogP contribution in [-0.4, -0.2) is 33.8 Å². The lowest BCUT2D eigenvalue weighted by Crippen LogP contribution is -2.35. The summed E-state index contributed by atoms with van der Waals surface area (Å²) in [6.07, 6.45) is 0. The molecule has 120 valence electrons. The van der Waals surface area contributed by atoms with Crippen molar-refractivity contribution in [2.75, 3.05) is 44.0 Å². The van der Waals surface area contributed by atoms with Gasteiger partial charge in [0.25, 0.3) is 0 Å². The Labute approximate surface area is 137 Å². The van der Waals surface area contributed by atoms with Crippen molar-refractivity contribution in [1.82, 2.24) is 5.32 Å². The Hall–Kier alpha value is -2.20. The number of nitrogens with zero attached hydrogens (tertiary/aromatic N) is 1. The number of hydrogen-bond donors (Lipinski definition) is 2. The molecule has 4 rings (SSSR count). The first-order valence-corrected chi connectivity index (χ1v) is 8.22. The average Bonchev–Trinajstić information content (AvgIpc) is 3.03. The number of para-hydroxylation sites is 1. The van der Waals surface area contributed by atoms with E-state index in [-0.39, 0.29) is 0 Å². The van der Waals surface area contributed by atoms with Gasteiger partial charge in [0.05, 0.1) is 12.8 Å². The van der Waals surface area contributed by atoms with Gasteiger partial charge in [0.2, 0.25) is 0 Å². The number of nitrogens with one attached hydrogen (secondary N) is 2. The Balaban J connectivity index is 1.77. The summed E-state index contributed by atoms with van der Waals surface area (Å²) in [6, 6.07) is 14.7. The topological polar surface area (TPSA) is 36.5 Å². The molecule has 0 bridgehead atoms. The quantitative estimate of drug-likeness (QED) is 0.913. The maximum atomic E-state index is 5.71. The molecule has 4 nitrogen and oxygen atoms in total. The minimum atomic E-state index is 0.577. The molecule has 0 amide bonds. The smallest absolute Gasteiger partial charge is 0.144 e. The van der Waals surface area contributed by atoms with E-state index in [1.807, 2.05) is 18.2 Å². The van der Waals surface area contributed by atoms with Crippen LogP contribution in [0.25, 0.3) is 0 Å². The van der Waals surface area contributed by atoms with Crippen LogP contribution in [0.4, 0.5) is 17.1 Å². The van der Waals surface area contributed by atoms with Crippen LogP contribution in [0, 0.1) is 5.92 Å². The lowest BCUT2D eigenvalue weighted by molar-refractivity contribution is 0.407. The lowest BCUT2D eigenvalue weighted by atomic mass is 9.83. The van der Waals surface area contributed by atoms with Crippen molar-refractivity contribution in [2.45, 2.75) is 5.92 Å². The Morgan fingerprint density at radius 3 is 2.74 bits per heavy atom. The van der Waals surface area contributed by atoms with Gasteiger partial charge in [0.15, 0.2) is 0 Å². The van der Waals surface area contributed by atoms with Crippen molar-refractivity contribution in [1.29, 1.82) is 0 Å². The Morgan fingerprint density at radius 1 is 1.13 bits per heavy atom. The van der Waals surface area contributed by atoms with Crippen molar-refractivity contribution >= 4 is 17.1 Å². The summed E-state index contributed by atoms with van der Waals surface area (Å²) in [5.41, 5.74) is 4.83. The summed E-state index contributed by atoms with van der Waals surface area (Å²) < 4.78 is 5.71. The van der Waals surface area contributed by atoms with E-state index in [0.717, 1.165) is 36.8 Å². The van der Waals surface area contributed by atoms with Gasteiger partial charge >= 0.3 is 0 Å². The number of rotatable bonds is 3. The fourth-order valence-corrected chi connectivity index (χ4v) is 3.97. The second-order valence-corrected chi connectivity index (χ2v) is 6.51. The van der Waals surface area contributed by atoms with E-state index in [1.54, 1.807) is 7.11 Å². The van der Waals surface area contributed by atoms with Crippen LogP contribution in [0.15, 0.2) is 42.5 Å². The zero-order chi connectivity index (χ0) is 15.8. The number of methoxy groups -OCH3 is 1. The molecule has 2 aliphatic rings. The second kappa shape index (κ2) is 5.78. The Morgan fingerprint density at radius 2 is 1.96 bits per heavy atom. The third-order valence-electron chi connectivity index (χ3n) is 5.02. The van der Waals surface area contributed by atoms with Crippen molar-refractivity contribution in [3.8, 4) is 5.75 Å². The van der Waals surface area contributed by atoms with Crippen LogP contribution >= 0.6 is 0 Å². The van der Waals surface area contributed by atoms with Gasteiger partial charge < -0.3 is 20.3 Å². The molecule has 1 saturated heterocycles. The molecule has 23 heavy (non-hydrogen) atoms. The highest BCUT2D eigenvalue weighted by atomic mass is 16.5. The molecular weight excluding hydrogens is 286 g/mol. The van der Waals surface area contributed by atoms with Crippen LogP contribution in [0.1, 0.15) is 11.5 Å². The molecule has 0 saturated carbocycles. The maximum absolute atomic E-state index is 5.71. The van der Waals surface area contributed by atoms with E-state index < -0.39 is 0 Å². The van der Waals surface area contributed by atoms with Gasteiger partial charge in [-0.25, -0.2) is 0 Å². The van der Waals surface area contributed by atoms with E-state index in [0.29, 0.717) is 11.8 Å². The Bertz CT molecular complexity index is 701. The molecule has 2 N–H and O–H groups in total. The monoisotopic (exact) mass is 309 g/mol. The van der Waals surface area contributed by atoms with Crippen LogP contribution in [0.5, 0.6) is 5.75 Å². The third-order valence-corrected chi connectivity index (χ3v) is 5.02. The van der Waals surface area contributed by atoms with E-state index in [9.17, 15) is 0 Å². The van der Waals surface area contributed by atoms with Crippen molar-refractivity contribution in [2.24, 2.45) is 5.92 Å². The predicted molar refractivity (Wildman–Crippen MR) is 95.1 cm³/mol. The van der Waals surface area contributed by atoms with Crippen molar-refractivity contribution in [3.05, 3.63) is 48.0 Å². The van der Waals surface area contributed by atoms with Gasteiger partial charge in [0.1, 0.15) is 5.75 Å². The summed E-state index contributed by atoms with van der Waals surface area (Å²) >= 11 is 0. The molecule has 0 spiro atoms. The fraction of sp³-hybridized carbons (Fsp3) is 0.368. The largest absolute Gasteiger partial charge is 0.494 e. The predicted octanol–water partition coefficient (Wildman–Crippen LogP) is 3.19. The second-order valence-electron chi connectivity index (χ2n) is 6.51. The SMILES string of the molecule is COc1cc(Nc2ccccc2)cc2c1N(C)C[C@H]1CNC[C@@H]21. The first-order chi connectivity index (χ1) is 11.3. The molecule has 1 fully saturated rings. The van der Waals surface area contributed by atoms with Crippen molar-refractivity contribution < 1.29 is 4.74 Å². The highest BCUT2D eigenvalue weighted by Gasteiger charge is 2.37. The molecule has 0 radical (unpaired) electrons. The van der Waals surface area contributed by atoms with Gasteiger partial charge in [-0.05, 0) is 29.7 Å². The highest BCUT2D eigenvalue weighted by Crippen LogP contribution is 2.46. The number of anilines is 3. The number of hydrogen-bond acceptors (Lipinski definition) is 4. The lowest BCUT2D eigenvalue weighted by Gasteiger charge is -2.37. The van der Waals surface area contributed by atoms with Gasteiger partial charge in [-0.3, -0.25) is 0 Å². The molecular formula is C19H23N3O. The summed E-state index contributed by atoms with van der Waals surface area (Å²) in [5, 5.41) is 7.05. The summed E-state index contributed by atoms with van der Waals surface area (Å²) in [4.78, 5) is 2.34. The normalized spacial score (nSPS) is 22.4. The van der Waals surface area contributed by atoms with Crippen LogP contribution in [0.2, 0.25) is 0 Å². The van der Waals surface area contributed by atoms with Gasteiger partial charge in [-0.15, -0.1) is 0 Å². The molecule has 2 heterocycles.